The lowest BCUT2D eigenvalue weighted by molar-refractivity contribution is 0.669. The topological polar surface area (TPSA) is 49.9 Å². The highest BCUT2D eigenvalue weighted by molar-refractivity contribution is 6.21. The van der Waals surface area contributed by atoms with Crippen molar-refractivity contribution in [1.82, 2.24) is 5.32 Å². The molecule has 0 aliphatic carbocycles. The lowest BCUT2D eigenvalue weighted by Gasteiger charge is -2.24. The molecule has 0 radical (unpaired) electrons. The molecule has 0 saturated heterocycles. The number of nitrogens with one attached hydrogen (secondary N) is 1. The van der Waals surface area contributed by atoms with Gasteiger partial charge in [0.2, 0.25) is 0 Å². The molecule has 7 aromatic carbocycles. The first-order valence-corrected chi connectivity index (χ1v) is 15.2. The summed E-state index contributed by atoms with van der Waals surface area (Å²) < 4.78 is 6.15. The van der Waals surface area contributed by atoms with Crippen molar-refractivity contribution in [2.24, 2.45) is 9.98 Å². The number of nitrogens with zero attached hydrogens (tertiary/aromatic N) is 2. The van der Waals surface area contributed by atoms with E-state index in [0.29, 0.717) is 0 Å². The summed E-state index contributed by atoms with van der Waals surface area (Å²) >= 11 is 0. The Morgan fingerprint density at radius 2 is 1.20 bits per heavy atom. The van der Waals surface area contributed by atoms with Crippen LogP contribution >= 0.6 is 0 Å². The van der Waals surface area contributed by atoms with Crippen molar-refractivity contribution in [3.05, 3.63) is 168 Å². The van der Waals surface area contributed by atoms with Gasteiger partial charge in [-0.3, -0.25) is 0 Å². The Balaban J connectivity index is 1.18. The molecule has 1 unspecified atom stereocenters. The molecular weight excluding hydrogens is 550 g/mol. The van der Waals surface area contributed by atoms with E-state index in [1.165, 1.54) is 32.7 Å². The molecule has 212 valence electrons. The highest BCUT2D eigenvalue weighted by atomic mass is 16.3. The highest BCUT2D eigenvalue weighted by Crippen LogP contribution is 2.38. The van der Waals surface area contributed by atoms with Gasteiger partial charge in [-0.05, 0) is 56.4 Å². The molecule has 0 amide bonds. The number of fused-ring (bicyclic) bond motifs is 6. The van der Waals surface area contributed by atoms with Gasteiger partial charge in [0, 0.05) is 21.9 Å². The average molecular weight is 578 g/mol. The fraction of sp³-hybridized carbons (Fsp3) is 0.0244. The summed E-state index contributed by atoms with van der Waals surface area (Å²) in [6.45, 7) is 0. The Kier molecular flexibility index (Phi) is 5.85. The van der Waals surface area contributed by atoms with Crippen LogP contribution in [0.15, 0.2) is 166 Å². The van der Waals surface area contributed by atoms with E-state index >= 15 is 0 Å². The largest absolute Gasteiger partial charge is 0.456 e. The van der Waals surface area contributed by atoms with Crippen molar-refractivity contribution in [1.29, 1.82) is 0 Å². The van der Waals surface area contributed by atoms with Crippen LogP contribution in [0, 0.1) is 0 Å². The molecule has 8 aromatic rings. The van der Waals surface area contributed by atoms with Crippen LogP contribution in [-0.4, -0.2) is 11.7 Å². The number of aliphatic imine (C=N–C) groups is 2. The smallest absolute Gasteiger partial charge is 0.159 e. The Morgan fingerprint density at radius 3 is 2.02 bits per heavy atom. The second-order valence-corrected chi connectivity index (χ2v) is 11.4. The van der Waals surface area contributed by atoms with Gasteiger partial charge >= 0.3 is 0 Å². The van der Waals surface area contributed by atoms with E-state index in [1.807, 2.05) is 48.5 Å². The van der Waals surface area contributed by atoms with Crippen LogP contribution in [-0.2, 0) is 0 Å². The fourth-order valence-corrected chi connectivity index (χ4v) is 6.59. The van der Waals surface area contributed by atoms with Crippen molar-refractivity contribution >= 4 is 55.2 Å². The van der Waals surface area contributed by atoms with Gasteiger partial charge in [0.25, 0.3) is 0 Å². The van der Waals surface area contributed by atoms with Crippen LogP contribution in [0.4, 0.5) is 0 Å². The van der Waals surface area contributed by atoms with Crippen LogP contribution in [0.25, 0.3) is 54.6 Å². The number of furan rings is 1. The third-order valence-corrected chi connectivity index (χ3v) is 8.74. The van der Waals surface area contributed by atoms with Crippen molar-refractivity contribution < 1.29 is 4.42 Å². The van der Waals surface area contributed by atoms with Gasteiger partial charge in [-0.1, -0.05) is 133 Å². The molecule has 1 atom stereocenters. The van der Waals surface area contributed by atoms with Gasteiger partial charge in [0.1, 0.15) is 23.2 Å². The summed E-state index contributed by atoms with van der Waals surface area (Å²) in [6, 6.07) is 52.8. The maximum atomic E-state index is 6.15. The van der Waals surface area contributed by atoms with Gasteiger partial charge in [-0.25, -0.2) is 9.98 Å². The molecule has 0 fully saturated rings. The Bertz CT molecular complexity index is 2460. The van der Waals surface area contributed by atoms with Crippen LogP contribution in [0.1, 0.15) is 22.9 Å². The standard InChI is InChI=1S/C41H27N3O/c1-3-11-26(12-4-1)39-42-40(27-13-5-2-6-14-27)44-41(43-39)34-23-22-30(32-15-7-8-16-33(32)34)28-19-21-31-29(25-28)20-24-37-38(31)35-17-9-10-18-36(35)45-37/h1-25,39H,(H,42,43,44). The number of hydrogen-bond donors (Lipinski definition) is 1. The molecule has 45 heavy (non-hydrogen) atoms. The van der Waals surface area contributed by atoms with Gasteiger partial charge in [0.05, 0.1) is 0 Å². The van der Waals surface area contributed by atoms with Gasteiger partial charge in [-0.2, -0.15) is 0 Å². The summed E-state index contributed by atoms with van der Waals surface area (Å²) in [5.41, 5.74) is 7.32. The summed E-state index contributed by atoms with van der Waals surface area (Å²) in [5.74, 6) is 1.53. The SMILES string of the molecule is c1ccc(C2=NC(c3ccccc3)NC(c3ccc(-c4ccc5c(ccc6oc7ccccc7c65)c4)c4ccccc34)=N2)cc1. The van der Waals surface area contributed by atoms with Crippen LogP contribution < -0.4 is 5.32 Å². The predicted octanol–water partition coefficient (Wildman–Crippen LogP) is 10.1. The molecule has 1 aromatic heterocycles. The zero-order valence-electron chi connectivity index (χ0n) is 24.3. The van der Waals surface area contributed by atoms with E-state index < -0.39 is 0 Å². The first kappa shape index (κ1) is 25.5. The third kappa shape index (κ3) is 4.30. The molecule has 4 heteroatoms. The maximum Gasteiger partial charge on any atom is 0.159 e. The minimum atomic E-state index is -0.247. The van der Waals surface area contributed by atoms with E-state index in [9.17, 15) is 0 Å². The number of para-hydroxylation sites is 1. The molecular formula is C41H27N3O. The molecule has 9 rings (SSSR count). The van der Waals surface area contributed by atoms with Crippen LogP contribution in [0.3, 0.4) is 0 Å². The lowest BCUT2D eigenvalue weighted by atomic mass is 9.92. The Hall–Kier alpha value is -6.00. The zero-order valence-corrected chi connectivity index (χ0v) is 24.3. The number of amidine groups is 2. The van der Waals surface area contributed by atoms with Gasteiger partial charge in [-0.15, -0.1) is 0 Å². The summed E-state index contributed by atoms with van der Waals surface area (Å²) in [4.78, 5) is 10.1. The van der Waals surface area contributed by atoms with Crippen molar-refractivity contribution in [3.63, 3.8) is 0 Å². The number of rotatable bonds is 4. The minimum absolute atomic E-state index is 0.247. The quantitative estimate of drug-likeness (QED) is 0.226. The summed E-state index contributed by atoms with van der Waals surface area (Å²) in [7, 11) is 0. The molecule has 1 aliphatic rings. The predicted molar refractivity (Wildman–Crippen MR) is 186 cm³/mol. The first-order chi connectivity index (χ1) is 22.3. The number of hydrogen-bond acceptors (Lipinski definition) is 4. The average Bonchev–Trinajstić information content (AvgIpc) is 3.51. The normalized spacial score (nSPS) is 14.9. The Labute approximate surface area is 260 Å². The summed E-state index contributed by atoms with van der Waals surface area (Å²) in [5, 5.41) is 10.7. The molecule has 2 heterocycles. The minimum Gasteiger partial charge on any atom is -0.456 e. The second kappa shape index (κ2) is 10.3. The number of benzene rings is 7. The van der Waals surface area contributed by atoms with Gasteiger partial charge in [0.15, 0.2) is 5.84 Å². The van der Waals surface area contributed by atoms with Crippen LogP contribution in [0.2, 0.25) is 0 Å². The van der Waals surface area contributed by atoms with E-state index in [4.69, 9.17) is 14.4 Å². The second-order valence-electron chi connectivity index (χ2n) is 11.4. The maximum absolute atomic E-state index is 6.15. The lowest BCUT2D eigenvalue weighted by Crippen LogP contribution is -2.33. The van der Waals surface area contributed by atoms with Crippen molar-refractivity contribution in [2.75, 3.05) is 0 Å². The summed E-state index contributed by atoms with van der Waals surface area (Å²) in [6.07, 6.45) is -0.247. The third-order valence-electron chi connectivity index (χ3n) is 8.74. The first-order valence-electron chi connectivity index (χ1n) is 15.2. The molecule has 1 aliphatic heterocycles. The monoisotopic (exact) mass is 577 g/mol. The fourth-order valence-electron chi connectivity index (χ4n) is 6.59. The van der Waals surface area contributed by atoms with E-state index in [-0.39, 0.29) is 6.17 Å². The van der Waals surface area contributed by atoms with Crippen LogP contribution in [0.5, 0.6) is 0 Å². The molecule has 1 N–H and O–H groups in total. The van der Waals surface area contributed by atoms with E-state index in [1.54, 1.807) is 0 Å². The molecule has 0 spiro atoms. The zero-order chi connectivity index (χ0) is 29.7. The van der Waals surface area contributed by atoms with Crippen molar-refractivity contribution in [2.45, 2.75) is 6.17 Å². The van der Waals surface area contributed by atoms with E-state index in [0.717, 1.165) is 50.3 Å². The molecule has 4 nitrogen and oxygen atoms in total. The van der Waals surface area contributed by atoms with Crippen molar-refractivity contribution in [3.8, 4) is 11.1 Å². The molecule has 0 saturated carbocycles. The van der Waals surface area contributed by atoms with E-state index in [2.05, 4.69) is 108 Å². The highest BCUT2D eigenvalue weighted by Gasteiger charge is 2.23. The Morgan fingerprint density at radius 1 is 0.511 bits per heavy atom. The van der Waals surface area contributed by atoms with Gasteiger partial charge < -0.3 is 9.73 Å². The molecule has 0 bridgehead atoms.